The number of fused-ring (bicyclic) bond motifs is 1. The van der Waals surface area contributed by atoms with Crippen molar-refractivity contribution >= 4 is 17.2 Å². The van der Waals surface area contributed by atoms with Crippen molar-refractivity contribution in [1.82, 2.24) is 10.3 Å². The maximum Gasteiger partial charge on any atom is 0.270 e. The predicted octanol–water partition coefficient (Wildman–Crippen LogP) is 0.543. The van der Waals surface area contributed by atoms with E-state index in [4.69, 9.17) is 19.9 Å². The Balaban J connectivity index is 1.43. The Morgan fingerprint density at radius 2 is 2.28 bits per heavy atom. The Bertz CT molecular complexity index is 736. The van der Waals surface area contributed by atoms with Gasteiger partial charge in [0.1, 0.15) is 24.2 Å². The van der Waals surface area contributed by atoms with Gasteiger partial charge in [-0.3, -0.25) is 4.79 Å². The maximum absolute atomic E-state index is 12.0. The van der Waals surface area contributed by atoms with E-state index in [0.717, 1.165) is 5.01 Å². The molecule has 134 valence electrons. The van der Waals surface area contributed by atoms with Crippen LogP contribution in [0.3, 0.4) is 0 Å². The smallest absolute Gasteiger partial charge is 0.270 e. The van der Waals surface area contributed by atoms with Gasteiger partial charge in [-0.2, -0.15) is 0 Å². The second-order valence-corrected chi connectivity index (χ2v) is 6.30. The van der Waals surface area contributed by atoms with Gasteiger partial charge in [0, 0.05) is 24.4 Å². The molecule has 0 saturated heterocycles. The molecular weight excluding hydrogens is 346 g/mol. The molecule has 1 aliphatic heterocycles. The normalized spacial score (nSPS) is 13.5. The monoisotopic (exact) mass is 365 g/mol. The van der Waals surface area contributed by atoms with E-state index in [9.17, 15) is 9.90 Å². The van der Waals surface area contributed by atoms with Crippen LogP contribution in [0.2, 0.25) is 0 Å². The Hall–Kier alpha value is -2.36. The van der Waals surface area contributed by atoms with Gasteiger partial charge in [0.2, 0.25) is 6.79 Å². The summed E-state index contributed by atoms with van der Waals surface area (Å²) in [5, 5.41) is 15.1. The fourth-order valence-electron chi connectivity index (χ4n) is 2.17. The first-order valence-electron chi connectivity index (χ1n) is 7.79. The first-order chi connectivity index (χ1) is 12.2. The van der Waals surface area contributed by atoms with Crippen molar-refractivity contribution in [3.8, 4) is 17.2 Å². The number of benzene rings is 1. The molecule has 1 amide bonds. The Labute approximate surface area is 148 Å². The molecule has 25 heavy (non-hydrogen) atoms. The van der Waals surface area contributed by atoms with Crippen LogP contribution in [0.5, 0.6) is 17.2 Å². The van der Waals surface area contributed by atoms with Crippen molar-refractivity contribution in [3.63, 3.8) is 0 Å². The molecule has 0 fully saturated rings. The van der Waals surface area contributed by atoms with Crippen molar-refractivity contribution in [1.29, 1.82) is 0 Å². The number of aliphatic hydroxyl groups excluding tert-OH is 1. The molecule has 4 N–H and O–H groups in total. The average Bonchev–Trinajstić information content (AvgIpc) is 3.26. The largest absolute Gasteiger partial charge is 0.491 e. The van der Waals surface area contributed by atoms with Crippen molar-refractivity contribution in [3.05, 3.63) is 34.3 Å². The molecule has 8 nitrogen and oxygen atoms in total. The number of carbonyl (C=O) groups excluding carboxylic acids is 1. The lowest BCUT2D eigenvalue weighted by atomic mass is 10.3. The van der Waals surface area contributed by atoms with Crippen molar-refractivity contribution in [2.75, 3.05) is 26.5 Å². The van der Waals surface area contributed by atoms with Crippen LogP contribution in [0.15, 0.2) is 23.6 Å². The number of hydrogen-bond donors (Lipinski definition) is 3. The van der Waals surface area contributed by atoms with Crippen molar-refractivity contribution in [2.24, 2.45) is 5.73 Å². The molecule has 3 rings (SSSR count). The van der Waals surface area contributed by atoms with Gasteiger partial charge in [0.15, 0.2) is 11.5 Å². The highest BCUT2D eigenvalue weighted by Crippen LogP contribution is 2.35. The molecule has 0 saturated carbocycles. The van der Waals surface area contributed by atoms with Crippen LogP contribution in [0.1, 0.15) is 15.5 Å². The molecule has 1 aromatic heterocycles. The molecule has 2 aromatic rings. The lowest BCUT2D eigenvalue weighted by molar-refractivity contribution is 0.0840. The van der Waals surface area contributed by atoms with Gasteiger partial charge in [-0.15, -0.1) is 11.3 Å². The quantitative estimate of drug-likeness (QED) is 0.625. The Morgan fingerprint density at radius 3 is 3.12 bits per heavy atom. The van der Waals surface area contributed by atoms with Gasteiger partial charge >= 0.3 is 0 Å². The Kier molecular flexibility index (Phi) is 5.69. The topological polar surface area (TPSA) is 116 Å². The minimum atomic E-state index is -0.850. The summed E-state index contributed by atoms with van der Waals surface area (Å²) < 4.78 is 16.0. The number of thiazole rings is 1. The number of nitrogens with one attached hydrogen (secondary N) is 1. The minimum absolute atomic E-state index is 0.0371. The first-order valence-corrected chi connectivity index (χ1v) is 8.67. The van der Waals surface area contributed by atoms with E-state index in [-0.39, 0.29) is 25.9 Å². The lowest BCUT2D eigenvalue weighted by Crippen LogP contribution is -2.35. The second kappa shape index (κ2) is 8.15. The third-order valence-corrected chi connectivity index (χ3v) is 4.34. The SMILES string of the molecule is NCCc1nc(C(=O)NCC(O)COc2ccc3c(c2)OCO3)cs1. The van der Waals surface area contributed by atoms with E-state index in [1.165, 1.54) is 11.3 Å². The molecule has 2 heterocycles. The molecule has 0 bridgehead atoms. The van der Waals surface area contributed by atoms with Crippen molar-refractivity contribution in [2.45, 2.75) is 12.5 Å². The molecule has 1 aromatic carbocycles. The van der Waals surface area contributed by atoms with Crippen LogP contribution >= 0.6 is 11.3 Å². The van der Waals surface area contributed by atoms with E-state index >= 15 is 0 Å². The first kappa shape index (κ1) is 17.5. The fourth-order valence-corrected chi connectivity index (χ4v) is 2.97. The van der Waals surface area contributed by atoms with Gasteiger partial charge in [-0.1, -0.05) is 0 Å². The molecular formula is C16H19N3O5S. The zero-order valence-corrected chi connectivity index (χ0v) is 14.3. The highest BCUT2D eigenvalue weighted by Gasteiger charge is 2.15. The summed E-state index contributed by atoms with van der Waals surface area (Å²) in [5.41, 5.74) is 5.79. The number of aromatic nitrogens is 1. The van der Waals surface area contributed by atoms with Crippen LogP contribution in [0.25, 0.3) is 0 Å². The molecule has 0 spiro atoms. The molecule has 1 aliphatic rings. The van der Waals surface area contributed by atoms with Gasteiger partial charge in [-0.25, -0.2) is 4.98 Å². The third kappa shape index (κ3) is 4.59. The van der Waals surface area contributed by atoms with Crippen LogP contribution < -0.4 is 25.3 Å². The number of nitrogens with two attached hydrogens (primary N) is 1. The summed E-state index contributed by atoms with van der Waals surface area (Å²) in [6.07, 6.45) is -0.208. The van der Waals surface area contributed by atoms with Crippen LogP contribution in [-0.2, 0) is 6.42 Å². The summed E-state index contributed by atoms with van der Waals surface area (Å²) in [6, 6.07) is 5.17. The molecule has 0 radical (unpaired) electrons. The number of carbonyl (C=O) groups is 1. The second-order valence-electron chi connectivity index (χ2n) is 5.36. The average molecular weight is 365 g/mol. The van der Waals surface area contributed by atoms with Crippen molar-refractivity contribution < 1.29 is 24.1 Å². The molecule has 9 heteroatoms. The van der Waals surface area contributed by atoms with E-state index in [1.54, 1.807) is 23.6 Å². The lowest BCUT2D eigenvalue weighted by Gasteiger charge is -2.13. The predicted molar refractivity (Wildman–Crippen MR) is 91.3 cm³/mol. The Morgan fingerprint density at radius 1 is 1.44 bits per heavy atom. The fraction of sp³-hybridized carbons (Fsp3) is 0.375. The van der Waals surface area contributed by atoms with Crippen LogP contribution in [0, 0.1) is 0 Å². The number of ether oxygens (including phenoxy) is 3. The van der Waals surface area contributed by atoms with Gasteiger partial charge < -0.3 is 30.4 Å². The summed E-state index contributed by atoms with van der Waals surface area (Å²) in [7, 11) is 0. The highest BCUT2D eigenvalue weighted by molar-refractivity contribution is 7.09. The van der Waals surface area contributed by atoms with E-state index in [0.29, 0.717) is 35.9 Å². The molecule has 1 atom stereocenters. The van der Waals surface area contributed by atoms with Crippen LogP contribution in [-0.4, -0.2) is 48.6 Å². The number of hydrogen-bond acceptors (Lipinski definition) is 8. The van der Waals surface area contributed by atoms with Gasteiger partial charge in [0.05, 0.1) is 5.01 Å². The summed E-state index contributed by atoms with van der Waals surface area (Å²) >= 11 is 1.39. The zero-order valence-electron chi connectivity index (χ0n) is 13.4. The van der Waals surface area contributed by atoms with E-state index in [2.05, 4.69) is 10.3 Å². The minimum Gasteiger partial charge on any atom is -0.491 e. The summed E-state index contributed by atoms with van der Waals surface area (Å²) in [6.45, 7) is 0.782. The number of aliphatic hydroxyl groups is 1. The van der Waals surface area contributed by atoms with Gasteiger partial charge in [0.25, 0.3) is 5.91 Å². The van der Waals surface area contributed by atoms with E-state index < -0.39 is 6.10 Å². The van der Waals surface area contributed by atoms with Crippen LogP contribution in [0.4, 0.5) is 0 Å². The number of rotatable bonds is 8. The molecule has 0 aliphatic carbocycles. The highest BCUT2D eigenvalue weighted by atomic mass is 32.1. The zero-order chi connectivity index (χ0) is 17.6. The number of amides is 1. The number of nitrogens with zero attached hydrogens (tertiary/aromatic N) is 1. The summed E-state index contributed by atoms with van der Waals surface area (Å²) in [5.74, 6) is 1.50. The van der Waals surface area contributed by atoms with E-state index in [1.807, 2.05) is 0 Å². The standard InChI is InChI=1S/C16H19N3O5S/c17-4-3-15-19-12(8-25-15)16(21)18-6-10(20)7-22-11-1-2-13-14(5-11)24-9-23-13/h1-2,5,8,10,20H,3-4,6-7,9,17H2,(H,18,21). The maximum atomic E-state index is 12.0. The molecule has 1 unspecified atom stereocenters. The summed E-state index contributed by atoms with van der Waals surface area (Å²) in [4.78, 5) is 16.2. The third-order valence-electron chi connectivity index (χ3n) is 3.43. The van der Waals surface area contributed by atoms with Gasteiger partial charge in [-0.05, 0) is 18.7 Å².